The van der Waals surface area contributed by atoms with Crippen molar-refractivity contribution >= 4 is 55.6 Å². The first-order chi connectivity index (χ1) is 16.0. The maximum Gasteiger partial charge on any atom is 0.282 e. The van der Waals surface area contributed by atoms with Gasteiger partial charge in [-0.25, -0.2) is 4.98 Å². The first-order valence-corrected chi connectivity index (χ1v) is 11.4. The first-order valence-electron chi connectivity index (χ1n) is 10.2. The van der Waals surface area contributed by atoms with Gasteiger partial charge in [0.25, 0.3) is 5.56 Å². The number of furan rings is 1. The van der Waals surface area contributed by atoms with Crippen molar-refractivity contribution in [3.63, 3.8) is 0 Å². The fraction of sp³-hybridized carbons (Fsp3) is 0.0800. The molecular weight excluding hydrogens is 506 g/mol. The Morgan fingerprint density at radius 3 is 2.82 bits per heavy atom. The van der Waals surface area contributed by atoms with Crippen molar-refractivity contribution in [2.24, 2.45) is 5.10 Å². The van der Waals surface area contributed by atoms with Gasteiger partial charge in [0.15, 0.2) is 5.76 Å². The zero-order chi connectivity index (χ0) is 22.9. The molecule has 2 aromatic heterocycles. The van der Waals surface area contributed by atoms with Crippen LogP contribution in [-0.2, 0) is 0 Å². The molecule has 33 heavy (non-hydrogen) atoms. The van der Waals surface area contributed by atoms with E-state index in [1.165, 1.54) is 4.68 Å². The third-order valence-electron chi connectivity index (χ3n) is 5.03. The number of aromatic nitrogens is 2. The lowest BCUT2D eigenvalue weighted by Crippen LogP contribution is -2.20. The van der Waals surface area contributed by atoms with Gasteiger partial charge in [-0.1, -0.05) is 39.7 Å². The van der Waals surface area contributed by atoms with Crippen LogP contribution in [0.5, 0.6) is 5.75 Å². The van der Waals surface area contributed by atoms with Gasteiger partial charge in [-0.2, -0.15) is 9.78 Å². The molecule has 6 nitrogen and oxygen atoms in total. The van der Waals surface area contributed by atoms with Crippen LogP contribution < -0.4 is 10.3 Å². The summed E-state index contributed by atoms with van der Waals surface area (Å²) in [6, 6.07) is 20.0. The molecule has 0 radical (unpaired) electrons. The van der Waals surface area contributed by atoms with Crippen molar-refractivity contribution in [2.45, 2.75) is 6.92 Å². The maximum absolute atomic E-state index is 13.3. The molecule has 0 aliphatic carbocycles. The third kappa shape index (κ3) is 4.17. The highest BCUT2D eigenvalue weighted by Gasteiger charge is 2.16. The van der Waals surface area contributed by atoms with E-state index in [-0.39, 0.29) is 5.56 Å². The monoisotopic (exact) mass is 521 g/mol. The fourth-order valence-electron chi connectivity index (χ4n) is 3.51. The molecular formula is C25H17BrClN3O3. The minimum Gasteiger partial charge on any atom is -0.492 e. The van der Waals surface area contributed by atoms with Crippen molar-refractivity contribution in [3.05, 3.63) is 92.1 Å². The van der Waals surface area contributed by atoms with Crippen LogP contribution in [0, 0.1) is 0 Å². The normalized spacial score (nSPS) is 11.6. The van der Waals surface area contributed by atoms with Crippen molar-refractivity contribution in [3.8, 4) is 17.3 Å². The summed E-state index contributed by atoms with van der Waals surface area (Å²) in [7, 11) is 0. The van der Waals surface area contributed by atoms with Crippen LogP contribution in [0.15, 0.2) is 85.5 Å². The highest BCUT2D eigenvalue weighted by atomic mass is 79.9. The van der Waals surface area contributed by atoms with Crippen molar-refractivity contribution in [1.82, 2.24) is 9.66 Å². The summed E-state index contributed by atoms with van der Waals surface area (Å²) in [5.74, 6) is 1.34. The lowest BCUT2D eigenvalue weighted by atomic mass is 10.2. The molecule has 0 atom stereocenters. The molecule has 0 aliphatic heterocycles. The second-order valence-corrected chi connectivity index (χ2v) is 8.55. The molecule has 8 heteroatoms. The van der Waals surface area contributed by atoms with Crippen LogP contribution in [-0.4, -0.2) is 22.5 Å². The molecule has 0 saturated carbocycles. The molecule has 0 fully saturated rings. The number of ether oxygens (including phenoxy) is 1. The van der Waals surface area contributed by atoms with Crippen LogP contribution in [0.3, 0.4) is 0 Å². The zero-order valence-electron chi connectivity index (χ0n) is 17.5. The Morgan fingerprint density at radius 1 is 1.15 bits per heavy atom. The minimum absolute atomic E-state index is 0.300. The number of halogens is 2. The van der Waals surface area contributed by atoms with Crippen molar-refractivity contribution < 1.29 is 9.15 Å². The third-order valence-corrected chi connectivity index (χ3v) is 5.82. The standard InChI is InChI=1S/C25H17BrClN3O3/c1-2-32-22-9-7-15(11-19(22)27)14-28-30-24(29-20-6-4-3-5-18(20)25(30)31)23-13-16-12-17(26)8-10-21(16)33-23/h3-14H,2H2,1H3. The average molecular weight is 523 g/mol. The van der Waals surface area contributed by atoms with E-state index in [9.17, 15) is 4.79 Å². The molecule has 3 aromatic carbocycles. The van der Waals surface area contributed by atoms with Gasteiger partial charge < -0.3 is 9.15 Å². The largest absolute Gasteiger partial charge is 0.492 e. The van der Waals surface area contributed by atoms with Gasteiger partial charge in [0.05, 0.1) is 28.7 Å². The van der Waals surface area contributed by atoms with Crippen LogP contribution in [0.2, 0.25) is 5.02 Å². The Morgan fingerprint density at radius 2 is 2.00 bits per heavy atom. The van der Waals surface area contributed by atoms with Crippen LogP contribution in [0.25, 0.3) is 33.5 Å². The van der Waals surface area contributed by atoms with Gasteiger partial charge in [0.2, 0.25) is 5.82 Å². The summed E-state index contributed by atoms with van der Waals surface area (Å²) in [5, 5.41) is 6.27. The van der Waals surface area contributed by atoms with Gasteiger partial charge >= 0.3 is 0 Å². The number of nitrogens with zero attached hydrogens (tertiary/aromatic N) is 3. The number of para-hydroxylation sites is 1. The molecule has 2 heterocycles. The Balaban J connectivity index is 1.67. The maximum atomic E-state index is 13.3. The summed E-state index contributed by atoms with van der Waals surface area (Å²) in [6.45, 7) is 2.41. The van der Waals surface area contributed by atoms with Gasteiger partial charge in [-0.3, -0.25) is 4.79 Å². The Hall–Kier alpha value is -3.42. The summed E-state index contributed by atoms with van der Waals surface area (Å²) >= 11 is 9.77. The lowest BCUT2D eigenvalue weighted by Gasteiger charge is -2.08. The molecule has 164 valence electrons. The van der Waals surface area contributed by atoms with Crippen LogP contribution in [0.1, 0.15) is 12.5 Å². The predicted octanol–water partition coefficient (Wildman–Crippen LogP) is 6.51. The molecule has 0 saturated heterocycles. The van der Waals surface area contributed by atoms with Crippen LogP contribution >= 0.6 is 27.5 Å². The smallest absolute Gasteiger partial charge is 0.282 e. The summed E-state index contributed by atoms with van der Waals surface area (Å²) in [5.41, 5.74) is 1.66. The molecule has 0 bridgehead atoms. The zero-order valence-corrected chi connectivity index (χ0v) is 19.8. The van der Waals surface area contributed by atoms with Gasteiger partial charge in [-0.05, 0) is 67.1 Å². The molecule has 0 spiro atoms. The SMILES string of the molecule is CCOc1ccc(C=Nn2c(-c3cc4cc(Br)ccc4o3)nc3ccccc3c2=O)cc1Cl. The van der Waals surface area contributed by atoms with Gasteiger partial charge in [0, 0.05) is 9.86 Å². The van der Waals surface area contributed by atoms with E-state index < -0.39 is 0 Å². The summed E-state index contributed by atoms with van der Waals surface area (Å²) in [4.78, 5) is 18.0. The number of hydrogen-bond acceptors (Lipinski definition) is 5. The van der Waals surface area contributed by atoms with E-state index >= 15 is 0 Å². The highest BCUT2D eigenvalue weighted by Crippen LogP contribution is 2.29. The number of hydrogen-bond donors (Lipinski definition) is 0. The Bertz CT molecular complexity index is 1590. The summed E-state index contributed by atoms with van der Waals surface area (Å²) < 4.78 is 13.7. The predicted molar refractivity (Wildman–Crippen MR) is 135 cm³/mol. The molecule has 5 rings (SSSR count). The number of benzene rings is 3. The minimum atomic E-state index is -0.300. The van der Waals surface area contributed by atoms with E-state index in [1.807, 2.05) is 43.3 Å². The van der Waals surface area contributed by atoms with Gasteiger partial charge in [0.1, 0.15) is 11.3 Å². The molecule has 0 aliphatic rings. The lowest BCUT2D eigenvalue weighted by molar-refractivity contribution is 0.340. The highest BCUT2D eigenvalue weighted by molar-refractivity contribution is 9.10. The van der Waals surface area contributed by atoms with E-state index in [4.69, 9.17) is 20.8 Å². The topological polar surface area (TPSA) is 69.6 Å². The van der Waals surface area contributed by atoms with E-state index in [0.29, 0.717) is 51.0 Å². The Labute approximate surface area is 202 Å². The number of fused-ring (bicyclic) bond motifs is 2. The molecule has 5 aromatic rings. The van der Waals surface area contributed by atoms with Crippen LogP contribution in [0.4, 0.5) is 0 Å². The van der Waals surface area contributed by atoms with Gasteiger partial charge in [-0.15, -0.1) is 0 Å². The second-order valence-electron chi connectivity index (χ2n) is 7.23. The number of rotatable bonds is 5. The quantitative estimate of drug-likeness (QED) is 0.247. The average Bonchev–Trinajstić information content (AvgIpc) is 3.23. The fourth-order valence-corrected chi connectivity index (χ4v) is 4.13. The van der Waals surface area contributed by atoms with Crippen molar-refractivity contribution in [2.75, 3.05) is 6.61 Å². The molecule has 0 unspecified atom stereocenters. The van der Waals surface area contributed by atoms with E-state index in [2.05, 4.69) is 26.0 Å². The molecule has 0 N–H and O–H groups in total. The van der Waals surface area contributed by atoms with E-state index in [0.717, 1.165) is 9.86 Å². The summed E-state index contributed by atoms with van der Waals surface area (Å²) in [6.07, 6.45) is 1.56. The first kappa shape index (κ1) is 21.4. The van der Waals surface area contributed by atoms with E-state index in [1.54, 1.807) is 36.5 Å². The van der Waals surface area contributed by atoms with Crippen molar-refractivity contribution in [1.29, 1.82) is 0 Å². The Kier molecular flexibility index (Phi) is 5.74. The molecule has 0 amide bonds. The second kappa shape index (κ2) is 8.84.